The number of rotatable bonds is 5. The molecule has 104 valence electrons. The van der Waals surface area contributed by atoms with Crippen molar-refractivity contribution in [2.24, 2.45) is 7.05 Å². The highest BCUT2D eigenvalue weighted by Crippen LogP contribution is 2.25. The summed E-state index contributed by atoms with van der Waals surface area (Å²) in [6.07, 6.45) is 1.83. The number of methoxy groups -OCH3 is 1. The number of aryl methyl sites for hydroxylation is 2. The van der Waals surface area contributed by atoms with E-state index in [2.05, 4.69) is 29.2 Å². The van der Waals surface area contributed by atoms with Crippen molar-refractivity contribution in [3.05, 3.63) is 27.8 Å². The van der Waals surface area contributed by atoms with Gasteiger partial charge in [0.05, 0.1) is 23.9 Å². The molecule has 0 aromatic carbocycles. The fourth-order valence-corrected chi connectivity index (χ4v) is 2.80. The summed E-state index contributed by atoms with van der Waals surface area (Å²) in [6.45, 7) is 6.96. The number of thiazole rings is 1. The summed E-state index contributed by atoms with van der Waals surface area (Å²) in [5.41, 5.74) is 1.91. The quantitative estimate of drug-likeness (QED) is 0.912. The number of ether oxygens (including phenoxy) is 1. The highest BCUT2D eigenvalue weighted by molar-refractivity contribution is 7.09. The second-order valence-corrected chi connectivity index (χ2v) is 5.91. The van der Waals surface area contributed by atoms with Gasteiger partial charge in [-0.25, -0.2) is 9.67 Å². The van der Waals surface area contributed by atoms with Crippen molar-refractivity contribution in [3.8, 4) is 5.88 Å². The lowest BCUT2D eigenvalue weighted by Crippen LogP contribution is -2.36. The Labute approximate surface area is 117 Å². The molecule has 2 rings (SSSR count). The van der Waals surface area contributed by atoms with Crippen molar-refractivity contribution in [1.29, 1.82) is 0 Å². The smallest absolute Gasteiger partial charge is 0.216 e. The predicted octanol–water partition coefficient (Wildman–Crippen LogP) is 2.22. The third-order valence-electron chi connectivity index (χ3n) is 3.16. The lowest BCUT2D eigenvalue weighted by Gasteiger charge is -2.24. The van der Waals surface area contributed by atoms with Crippen molar-refractivity contribution in [3.63, 3.8) is 0 Å². The van der Waals surface area contributed by atoms with Crippen molar-refractivity contribution in [2.45, 2.75) is 32.9 Å². The average molecular weight is 280 g/mol. The van der Waals surface area contributed by atoms with Gasteiger partial charge < -0.3 is 10.1 Å². The van der Waals surface area contributed by atoms with E-state index in [-0.39, 0.29) is 5.54 Å². The Hall–Kier alpha value is -1.40. The first-order valence-corrected chi connectivity index (χ1v) is 7.05. The van der Waals surface area contributed by atoms with Crippen LogP contribution in [-0.4, -0.2) is 21.9 Å². The third-order valence-corrected chi connectivity index (χ3v) is 4.25. The maximum absolute atomic E-state index is 5.40. The van der Waals surface area contributed by atoms with Crippen LogP contribution in [0.15, 0.2) is 11.6 Å². The van der Waals surface area contributed by atoms with Gasteiger partial charge in [-0.1, -0.05) is 0 Å². The molecular formula is C13H20N4OS. The van der Waals surface area contributed by atoms with Gasteiger partial charge in [-0.05, 0) is 20.8 Å². The maximum atomic E-state index is 5.40. The Morgan fingerprint density at radius 2 is 2.21 bits per heavy atom. The molecule has 0 aliphatic carbocycles. The first-order chi connectivity index (χ1) is 8.95. The fraction of sp³-hybridized carbons (Fsp3) is 0.538. The topological polar surface area (TPSA) is 52.0 Å². The van der Waals surface area contributed by atoms with E-state index in [0.717, 1.165) is 22.1 Å². The summed E-state index contributed by atoms with van der Waals surface area (Å²) in [5, 5.41) is 11.0. The van der Waals surface area contributed by atoms with Gasteiger partial charge in [0.25, 0.3) is 0 Å². The SMILES string of the molecule is COc1c(CNC(C)(C)c2nccs2)c(C)nn1C. The molecule has 2 aromatic heterocycles. The zero-order valence-electron chi connectivity index (χ0n) is 12.0. The van der Waals surface area contributed by atoms with Gasteiger partial charge in [-0.3, -0.25) is 0 Å². The summed E-state index contributed by atoms with van der Waals surface area (Å²) in [4.78, 5) is 4.37. The summed E-state index contributed by atoms with van der Waals surface area (Å²) in [7, 11) is 3.56. The first-order valence-electron chi connectivity index (χ1n) is 6.17. The fourth-order valence-electron chi connectivity index (χ4n) is 2.06. The zero-order valence-corrected chi connectivity index (χ0v) is 12.8. The molecular weight excluding hydrogens is 260 g/mol. The minimum atomic E-state index is -0.165. The van der Waals surface area contributed by atoms with Crippen LogP contribution in [0.25, 0.3) is 0 Å². The molecule has 0 saturated heterocycles. The van der Waals surface area contributed by atoms with E-state index in [1.807, 2.05) is 25.5 Å². The molecule has 0 unspecified atom stereocenters. The van der Waals surface area contributed by atoms with E-state index in [0.29, 0.717) is 6.54 Å². The van der Waals surface area contributed by atoms with Gasteiger partial charge in [0, 0.05) is 25.2 Å². The third kappa shape index (κ3) is 2.79. The van der Waals surface area contributed by atoms with Crippen molar-refractivity contribution in [1.82, 2.24) is 20.1 Å². The second kappa shape index (κ2) is 5.30. The molecule has 0 saturated carbocycles. The number of hydrogen-bond donors (Lipinski definition) is 1. The Bertz CT molecular complexity index is 545. The zero-order chi connectivity index (χ0) is 14.0. The molecule has 0 atom stereocenters. The minimum absolute atomic E-state index is 0.165. The van der Waals surface area contributed by atoms with Crippen LogP contribution in [0, 0.1) is 6.92 Å². The molecule has 0 aliphatic heterocycles. The lowest BCUT2D eigenvalue weighted by atomic mass is 10.1. The van der Waals surface area contributed by atoms with Crippen LogP contribution in [-0.2, 0) is 19.1 Å². The number of aromatic nitrogens is 3. The summed E-state index contributed by atoms with van der Waals surface area (Å²) < 4.78 is 7.17. The van der Waals surface area contributed by atoms with E-state index in [1.165, 1.54) is 0 Å². The van der Waals surface area contributed by atoms with Crippen molar-refractivity contribution < 1.29 is 4.74 Å². The van der Waals surface area contributed by atoms with Gasteiger partial charge in [-0.2, -0.15) is 5.10 Å². The molecule has 0 radical (unpaired) electrons. The van der Waals surface area contributed by atoms with Gasteiger partial charge >= 0.3 is 0 Å². The van der Waals surface area contributed by atoms with Crippen LogP contribution < -0.4 is 10.1 Å². The Morgan fingerprint density at radius 1 is 1.47 bits per heavy atom. The first kappa shape index (κ1) is 14.0. The van der Waals surface area contributed by atoms with Gasteiger partial charge in [0.1, 0.15) is 5.01 Å². The number of nitrogens with one attached hydrogen (secondary N) is 1. The van der Waals surface area contributed by atoms with Gasteiger partial charge in [0.15, 0.2) is 0 Å². The standard InChI is InChI=1S/C13H20N4OS/c1-9-10(11(18-5)17(4)16-9)8-15-13(2,3)12-14-6-7-19-12/h6-7,15H,8H2,1-5H3. The normalized spacial score (nSPS) is 11.8. The van der Waals surface area contributed by atoms with E-state index >= 15 is 0 Å². The molecule has 19 heavy (non-hydrogen) atoms. The van der Waals surface area contributed by atoms with Crippen LogP contribution >= 0.6 is 11.3 Å². The van der Waals surface area contributed by atoms with Crippen LogP contribution in [0.1, 0.15) is 30.1 Å². The van der Waals surface area contributed by atoms with E-state index < -0.39 is 0 Å². The molecule has 5 nitrogen and oxygen atoms in total. The van der Waals surface area contributed by atoms with Gasteiger partial charge in [0.2, 0.25) is 5.88 Å². The molecule has 0 aliphatic rings. The number of hydrogen-bond acceptors (Lipinski definition) is 5. The second-order valence-electron chi connectivity index (χ2n) is 5.01. The molecule has 0 fully saturated rings. The molecule has 0 spiro atoms. The Kier molecular flexibility index (Phi) is 3.91. The Balaban J connectivity index is 2.15. The lowest BCUT2D eigenvalue weighted by molar-refractivity contribution is 0.358. The van der Waals surface area contributed by atoms with Crippen LogP contribution in [0.4, 0.5) is 0 Å². The molecule has 1 N–H and O–H groups in total. The Morgan fingerprint density at radius 3 is 2.79 bits per heavy atom. The predicted molar refractivity (Wildman–Crippen MR) is 76.5 cm³/mol. The molecule has 0 bridgehead atoms. The largest absolute Gasteiger partial charge is 0.481 e. The summed E-state index contributed by atoms with van der Waals surface area (Å²) in [5.74, 6) is 0.805. The summed E-state index contributed by atoms with van der Waals surface area (Å²) >= 11 is 1.66. The highest BCUT2D eigenvalue weighted by Gasteiger charge is 2.24. The monoisotopic (exact) mass is 280 g/mol. The summed E-state index contributed by atoms with van der Waals surface area (Å²) in [6, 6.07) is 0. The van der Waals surface area contributed by atoms with Crippen LogP contribution in [0.3, 0.4) is 0 Å². The molecule has 6 heteroatoms. The average Bonchev–Trinajstić information content (AvgIpc) is 2.95. The molecule has 0 amide bonds. The van der Waals surface area contributed by atoms with Crippen molar-refractivity contribution in [2.75, 3.05) is 7.11 Å². The molecule has 2 aromatic rings. The molecule has 2 heterocycles. The maximum Gasteiger partial charge on any atom is 0.216 e. The van der Waals surface area contributed by atoms with Crippen LogP contribution in [0.2, 0.25) is 0 Å². The highest BCUT2D eigenvalue weighted by atomic mass is 32.1. The van der Waals surface area contributed by atoms with E-state index in [9.17, 15) is 0 Å². The van der Waals surface area contributed by atoms with Gasteiger partial charge in [-0.15, -0.1) is 11.3 Å². The minimum Gasteiger partial charge on any atom is -0.481 e. The van der Waals surface area contributed by atoms with Crippen LogP contribution in [0.5, 0.6) is 5.88 Å². The van der Waals surface area contributed by atoms with Crippen molar-refractivity contribution >= 4 is 11.3 Å². The van der Waals surface area contributed by atoms with E-state index in [1.54, 1.807) is 23.1 Å². The van der Waals surface area contributed by atoms with E-state index in [4.69, 9.17) is 4.74 Å². The number of nitrogens with zero attached hydrogens (tertiary/aromatic N) is 3.